The highest BCUT2D eigenvalue weighted by Crippen LogP contribution is 2.46. The molecule has 3 aromatic rings. The van der Waals surface area contributed by atoms with Crippen LogP contribution in [0.4, 0.5) is 14.5 Å². The first-order valence-electron chi connectivity index (χ1n) is 15.8. The lowest BCUT2D eigenvalue weighted by Crippen LogP contribution is -2.57. The number of aliphatic carboxylic acids is 1. The number of aliphatic hydroxyl groups excluding tert-OH is 1. The van der Waals surface area contributed by atoms with Gasteiger partial charge in [-0.1, -0.05) is 43.5 Å². The number of halogens is 2. The molecule has 1 saturated heterocycles. The highest BCUT2D eigenvalue weighted by molar-refractivity contribution is 8.00. The van der Waals surface area contributed by atoms with Gasteiger partial charge in [0.2, 0.25) is 11.8 Å². The van der Waals surface area contributed by atoms with E-state index in [-0.39, 0.29) is 30.7 Å². The van der Waals surface area contributed by atoms with Crippen LogP contribution in [-0.4, -0.2) is 64.1 Å². The van der Waals surface area contributed by atoms with E-state index in [4.69, 9.17) is 4.74 Å². The van der Waals surface area contributed by atoms with Crippen molar-refractivity contribution in [3.05, 3.63) is 95.6 Å². The minimum absolute atomic E-state index is 0.134. The van der Waals surface area contributed by atoms with Crippen LogP contribution in [-0.2, 0) is 19.2 Å². The molecule has 1 unspecified atom stereocenters. The number of carboxylic acids is 1. The van der Waals surface area contributed by atoms with Gasteiger partial charge in [0.25, 0.3) is 5.91 Å². The zero-order chi connectivity index (χ0) is 34.2. The number of hydrogen-bond acceptors (Lipinski definition) is 7. The van der Waals surface area contributed by atoms with Crippen molar-refractivity contribution < 1.29 is 42.9 Å². The Morgan fingerprint density at radius 1 is 0.896 bits per heavy atom. The zero-order valence-corrected chi connectivity index (χ0v) is 26.8. The van der Waals surface area contributed by atoms with Crippen molar-refractivity contribution >= 4 is 41.1 Å². The molecule has 1 saturated carbocycles. The lowest BCUT2D eigenvalue weighted by molar-refractivity contribution is -0.143. The number of ether oxygens (including phenoxy) is 1. The summed E-state index contributed by atoms with van der Waals surface area (Å²) in [5.74, 6) is -2.91. The van der Waals surface area contributed by atoms with E-state index in [1.807, 2.05) is 0 Å². The third-order valence-corrected chi connectivity index (χ3v) is 9.91. The predicted octanol–water partition coefficient (Wildman–Crippen LogP) is 4.53. The Kier molecular flexibility index (Phi) is 11.7. The van der Waals surface area contributed by atoms with E-state index < -0.39 is 52.9 Å². The van der Waals surface area contributed by atoms with Crippen molar-refractivity contribution in [3.63, 3.8) is 0 Å². The second kappa shape index (κ2) is 16.1. The number of nitrogens with zero attached hydrogens (tertiary/aromatic N) is 1. The van der Waals surface area contributed by atoms with Gasteiger partial charge in [0.05, 0.1) is 18.7 Å². The van der Waals surface area contributed by atoms with E-state index >= 15 is 0 Å². The molecule has 2 fully saturated rings. The number of carbonyl (C=O) groups excluding carboxylic acids is 3. The fraction of sp³-hybridized carbons (Fsp3) is 0.371. The molecule has 48 heavy (non-hydrogen) atoms. The first-order chi connectivity index (χ1) is 23.1. The van der Waals surface area contributed by atoms with Crippen LogP contribution in [0, 0.1) is 17.6 Å². The van der Waals surface area contributed by atoms with Crippen molar-refractivity contribution in [3.8, 4) is 5.75 Å². The summed E-state index contributed by atoms with van der Waals surface area (Å²) in [5.41, 5.74) is 1.78. The highest BCUT2D eigenvalue weighted by atomic mass is 32.2. The Morgan fingerprint density at radius 3 is 2.15 bits per heavy atom. The zero-order valence-electron chi connectivity index (χ0n) is 26.0. The molecular weight excluding hydrogens is 644 g/mol. The molecule has 1 heterocycles. The van der Waals surface area contributed by atoms with E-state index in [0.717, 1.165) is 37.7 Å². The molecule has 254 valence electrons. The van der Waals surface area contributed by atoms with E-state index in [9.17, 15) is 38.2 Å². The van der Waals surface area contributed by atoms with Gasteiger partial charge in [-0.2, -0.15) is 0 Å². The topological polar surface area (TPSA) is 145 Å². The fourth-order valence-electron chi connectivity index (χ4n) is 6.03. The lowest BCUT2D eigenvalue weighted by atomic mass is 9.84. The molecule has 4 atom stereocenters. The smallest absolute Gasteiger partial charge is 0.326 e. The third kappa shape index (κ3) is 8.70. The van der Waals surface area contributed by atoms with Gasteiger partial charge in [0.1, 0.15) is 28.7 Å². The Balaban J connectivity index is 1.16. The van der Waals surface area contributed by atoms with Gasteiger partial charge < -0.3 is 30.5 Å². The SMILES string of the molecule is O=C(COc1ccc([C@@H]2[C@@H](SCC(O)c3ccc(F)cc3)C(=O)N2c2ccc(F)cc2)cc1)NCC(=O)N[C@@H](C(=O)O)C1CCCCC1. The minimum Gasteiger partial charge on any atom is -0.484 e. The molecule has 0 spiro atoms. The lowest BCUT2D eigenvalue weighted by Gasteiger charge is -2.47. The van der Waals surface area contributed by atoms with Crippen LogP contribution in [0.5, 0.6) is 5.75 Å². The Morgan fingerprint density at radius 2 is 1.52 bits per heavy atom. The Bertz CT molecular complexity index is 1590. The predicted molar refractivity (Wildman–Crippen MR) is 175 cm³/mol. The van der Waals surface area contributed by atoms with Crippen molar-refractivity contribution in [2.75, 3.05) is 23.8 Å². The van der Waals surface area contributed by atoms with Gasteiger partial charge in [0.15, 0.2) is 6.61 Å². The second-order valence-corrected chi connectivity index (χ2v) is 13.0. The average molecular weight is 682 g/mol. The van der Waals surface area contributed by atoms with Gasteiger partial charge >= 0.3 is 5.97 Å². The number of anilines is 1. The Hall–Kier alpha value is -4.49. The van der Waals surface area contributed by atoms with Crippen LogP contribution in [0.1, 0.15) is 55.4 Å². The van der Waals surface area contributed by atoms with Crippen LogP contribution in [0.25, 0.3) is 0 Å². The third-order valence-electron chi connectivity index (χ3n) is 8.58. The van der Waals surface area contributed by atoms with Crippen molar-refractivity contribution in [2.24, 2.45) is 5.92 Å². The monoisotopic (exact) mass is 681 g/mol. The number of rotatable bonds is 14. The highest BCUT2D eigenvalue weighted by Gasteiger charge is 2.49. The first-order valence-corrected chi connectivity index (χ1v) is 16.8. The molecule has 1 aliphatic heterocycles. The standard InChI is InChI=1S/C35H37F2N3O7S/c36-24-10-6-21(7-11-24)28(41)20-48-33-32(40(34(33)44)26-14-12-25(37)13-15-26)23-8-16-27(17-9-23)47-19-30(43)38-18-29(42)39-31(35(45)46)22-4-2-1-3-5-22/h6-17,22,28,31-33,41H,1-5,18-20H2,(H,38,43)(H,39,42)(H,45,46)/t28?,31-,32-,33-/m1/s1. The molecular formula is C35H37F2N3O7S. The van der Waals surface area contributed by atoms with Gasteiger partial charge in [0, 0.05) is 11.4 Å². The molecule has 2 aliphatic rings. The van der Waals surface area contributed by atoms with Crippen LogP contribution in [0.15, 0.2) is 72.8 Å². The molecule has 0 bridgehead atoms. The molecule has 10 nitrogen and oxygen atoms in total. The summed E-state index contributed by atoms with van der Waals surface area (Å²) >= 11 is 1.26. The number of nitrogens with one attached hydrogen (secondary N) is 2. The average Bonchev–Trinajstić information content (AvgIpc) is 3.09. The van der Waals surface area contributed by atoms with E-state index in [1.165, 1.54) is 60.3 Å². The van der Waals surface area contributed by atoms with Gasteiger partial charge in [-0.25, -0.2) is 13.6 Å². The van der Waals surface area contributed by atoms with Crippen LogP contribution < -0.4 is 20.3 Å². The van der Waals surface area contributed by atoms with Gasteiger partial charge in [-0.05, 0) is 78.4 Å². The van der Waals surface area contributed by atoms with Crippen molar-refractivity contribution in [2.45, 2.75) is 55.5 Å². The number of thioether (sulfide) groups is 1. The van der Waals surface area contributed by atoms with Crippen molar-refractivity contribution in [1.29, 1.82) is 0 Å². The normalized spacial score (nSPS) is 19.1. The summed E-state index contributed by atoms with van der Waals surface area (Å²) in [7, 11) is 0. The summed E-state index contributed by atoms with van der Waals surface area (Å²) in [6, 6.07) is 16.4. The quantitative estimate of drug-likeness (QED) is 0.182. The molecule has 3 aromatic carbocycles. The molecule has 13 heteroatoms. The maximum absolute atomic E-state index is 13.6. The molecule has 1 aliphatic carbocycles. The first kappa shape index (κ1) is 34.8. The number of amides is 3. The number of β-lactam (4-membered cyclic amide) rings is 1. The molecule has 5 rings (SSSR count). The van der Waals surface area contributed by atoms with Crippen molar-refractivity contribution in [1.82, 2.24) is 10.6 Å². The molecule has 0 aromatic heterocycles. The van der Waals surface area contributed by atoms with Crippen LogP contribution in [0.3, 0.4) is 0 Å². The molecule has 4 N–H and O–H groups in total. The summed E-state index contributed by atoms with van der Waals surface area (Å²) in [5, 5.41) is 24.6. The summed E-state index contributed by atoms with van der Waals surface area (Å²) in [6.45, 7) is -0.775. The van der Waals surface area contributed by atoms with E-state index in [0.29, 0.717) is 17.0 Å². The maximum Gasteiger partial charge on any atom is 0.326 e. The maximum atomic E-state index is 13.6. The molecule has 0 radical (unpaired) electrons. The fourth-order valence-corrected chi connectivity index (χ4v) is 7.33. The van der Waals surface area contributed by atoms with E-state index in [2.05, 4.69) is 10.6 Å². The largest absolute Gasteiger partial charge is 0.484 e. The summed E-state index contributed by atoms with van der Waals surface area (Å²) < 4.78 is 32.5. The number of carbonyl (C=O) groups is 4. The van der Waals surface area contributed by atoms with Gasteiger partial charge in [-0.3, -0.25) is 14.4 Å². The Labute approximate surface area is 280 Å². The second-order valence-electron chi connectivity index (χ2n) is 11.9. The van der Waals surface area contributed by atoms with Gasteiger partial charge in [-0.15, -0.1) is 11.8 Å². The number of carboxylic acid groups (broad SMARTS) is 1. The summed E-state index contributed by atoms with van der Waals surface area (Å²) in [6.07, 6.45) is 3.44. The molecule has 3 amide bonds. The number of hydrogen-bond donors (Lipinski definition) is 4. The summed E-state index contributed by atoms with van der Waals surface area (Å²) in [4.78, 5) is 51.3. The number of aliphatic hydroxyl groups is 1. The minimum atomic E-state index is -1.09. The number of benzene rings is 3. The van der Waals surface area contributed by atoms with E-state index in [1.54, 1.807) is 29.2 Å². The van der Waals surface area contributed by atoms with Crippen LogP contribution in [0.2, 0.25) is 0 Å². The van der Waals surface area contributed by atoms with Crippen LogP contribution >= 0.6 is 11.8 Å².